The number of hydrogen-bond donors (Lipinski definition) is 2. The molecule has 1 aliphatic rings. The van der Waals surface area contributed by atoms with E-state index in [4.69, 9.17) is 0 Å². The summed E-state index contributed by atoms with van der Waals surface area (Å²) in [6.45, 7) is 1.79. The minimum absolute atomic E-state index is 0.0350. The van der Waals surface area contributed by atoms with Crippen molar-refractivity contribution in [1.82, 2.24) is 0 Å². The molecule has 6 heteroatoms. The molecule has 1 amide bonds. The molecule has 0 fully saturated rings. The van der Waals surface area contributed by atoms with Gasteiger partial charge in [0.05, 0.1) is 4.92 Å². The maximum Gasteiger partial charge on any atom is 0.292 e. The number of nitrogens with zero attached hydrogens (tertiary/aromatic N) is 1. The molecule has 0 bridgehead atoms. The number of aryl methyl sites for hydroxylation is 1. The van der Waals surface area contributed by atoms with Gasteiger partial charge in [-0.1, -0.05) is 24.3 Å². The van der Waals surface area contributed by atoms with Crippen LogP contribution in [0, 0.1) is 17.0 Å². The number of carbonyl (C=O) groups is 1. The second-order valence-corrected chi connectivity index (χ2v) is 4.93. The average Bonchev–Trinajstić information content (AvgIpc) is 2.77. The van der Waals surface area contributed by atoms with E-state index in [1.54, 1.807) is 25.1 Å². The summed E-state index contributed by atoms with van der Waals surface area (Å²) in [6.07, 6.45) is 0. The molecule has 1 atom stereocenters. The number of nitrogens with one attached hydrogen (secondary N) is 2. The van der Waals surface area contributed by atoms with Crippen LogP contribution in [0.2, 0.25) is 0 Å². The lowest BCUT2D eigenvalue weighted by molar-refractivity contribution is -0.384. The molecule has 21 heavy (non-hydrogen) atoms. The second kappa shape index (κ2) is 4.90. The topological polar surface area (TPSA) is 84.3 Å². The quantitative estimate of drug-likeness (QED) is 0.670. The lowest BCUT2D eigenvalue weighted by atomic mass is 10.1. The van der Waals surface area contributed by atoms with E-state index in [9.17, 15) is 14.9 Å². The number of nitro benzene ring substituents is 1. The van der Waals surface area contributed by atoms with Crippen LogP contribution in [-0.2, 0) is 4.79 Å². The van der Waals surface area contributed by atoms with Crippen molar-refractivity contribution in [1.29, 1.82) is 0 Å². The first-order valence-corrected chi connectivity index (χ1v) is 6.47. The second-order valence-electron chi connectivity index (χ2n) is 4.93. The van der Waals surface area contributed by atoms with Crippen molar-refractivity contribution >= 4 is 23.0 Å². The third-order valence-corrected chi connectivity index (χ3v) is 3.44. The molecule has 6 nitrogen and oxygen atoms in total. The van der Waals surface area contributed by atoms with E-state index in [0.29, 0.717) is 5.69 Å². The van der Waals surface area contributed by atoms with Crippen LogP contribution in [0.4, 0.5) is 17.1 Å². The molecule has 106 valence electrons. The summed E-state index contributed by atoms with van der Waals surface area (Å²) in [4.78, 5) is 22.7. The van der Waals surface area contributed by atoms with Crippen molar-refractivity contribution in [3.8, 4) is 0 Å². The van der Waals surface area contributed by atoms with E-state index < -0.39 is 11.0 Å². The van der Waals surface area contributed by atoms with E-state index in [1.807, 2.05) is 18.2 Å². The molecule has 3 rings (SSSR count). The van der Waals surface area contributed by atoms with Gasteiger partial charge in [-0.15, -0.1) is 0 Å². The van der Waals surface area contributed by atoms with Gasteiger partial charge in [0.25, 0.3) is 11.6 Å². The maximum absolute atomic E-state index is 12.0. The molecule has 0 saturated carbocycles. The number of carbonyl (C=O) groups excluding carboxylic acids is 1. The van der Waals surface area contributed by atoms with Crippen LogP contribution in [0.25, 0.3) is 0 Å². The summed E-state index contributed by atoms with van der Waals surface area (Å²) in [5.41, 5.74) is 2.62. The molecule has 0 radical (unpaired) electrons. The van der Waals surface area contributed by atoms with Crippen molar-refractivity contribution in [2.24, 2.45) is 0 Å². The lowest BCUT2D eigenvalue weighted by Crippen LogP contribution is -2.20. The van der Waals surface area contributed by atoms with E-state index in [0.717, 1.165) is 16.8 Å². The Morgan fingerprint density at radius 2 is 2.00 bits per heavy atom. The number of para-hydroxylation sites is 1. The fraction of sp³-hybridized carbons (Fsp3) is 0.133. The van der Waals surface area contributed by atoms with Gasteiger partial charge in [-0.2, -0.15) is 0 Å². The highest BCUT2D eigenvalue weighted by Gasteiger charge is 2.31. The van der Waals surface area contributed by atoms with E-state index in [2.05, 4.69) is 10.6 Å². The van der Waals surface area contributed by atoms with Crippen LogP contribution < -0.4 is 10.6 Å². The first-order chi connectivity index (χ1) is 10.1. The summed E-state index contributed by atoms with van der Waals surface area (Å²) in [6, 6.07) is 11.6. The molecule has 2 N–H and O–H groups in total. The molecule has 2 aromatic rings. The number of anilines is 2. The number of hydrogen-bond acceptors (Lipinski definition) is 4. The Kier molecular flexibility index (Phi) is 3.06. The average molecular weight is 283 g/mol. The molecule has 1 heterocycles. The lowest BCUT2D eigenvalue weighted by Gasteiger charge is -2.13. The number of rotatable bonds is 3. The molecule has 1 aliphatic heterocycles. The standard InChI is InChI=1S/C15H13N3O3/c1-9-6-7-12(13(8-9)18(20)21)16-14-10-4-2-3-5-11(10)17-15(14)19/h2-8,14,16H,1H3,(H,17,19). The van der Waals surface area contributed by atoms with Gasteiger partial charge in [-0.05, 0) is 24.6 Å². The summed E-state index contributed by atoms with van der Waals surface area (Å²) < 4.78 is 0. The number of nitro groups is 1. The summed E-state index contributed by atoms with van der Waals surface area (Å²) >= 11 is 0. The van der Waals surface area contributed by atoms with Crippen LogP contribution in [0.15, 0.2) is 42.5 Å². The summed E-state index contributed by atoms with van der Waals surface area (Å²) in [5, 5.41) is 16.9. The zero-order chi connectivity index (χ0) is 15.0. The zero-order valence-corrected chi connectivity index (χ0v) is 11.3. The molecule has 0 saturated heterocycles. The number of benzene rings is 2. The predicted octanol–water partition coefficient (Wildman–Crippen LogP) is 3.01. The molecule has 2 aromatic carbocycles. The van der Waals surface area contributed by atoms with Crippen molar-refractivity contribution in [2.75, 3.05) is 10.6 Å². The van der Waals surface area contributed by atoms with Gasteiger partial charge in [0.2, 0.25) is 0 Å². The molecular formula is C15H13N3O3. The highest BCUT2D eigenvalue weighted by molar-refractivity contribution is 6.04. The largest absolute Gasteiger partial charge is 0.364 e. The smallest absolute Gasteiger partial charge is 0.292 e. The van der Waals surface area contributed by atoms with E-state index in [1.165, 1.54) is 6.07 Å². The minimum Gasteiger partial charge on any atom is -0.364 e. The van der Waals surface area contributed by atoms with Crippen molar-refractivity contribution in [3.05, 3.63) is 63.7 Å². The molecular weight excluding hydrogens is 270 g/mol. The fourth-order valence-electron chi connectivity index (χ4n) is 2.42. The van der Waals surface area contributed by atoms with E-state index >= 15 is 0 Å². The fourth-order valence-corrected chi connectivity index (χ4v) is 2.42. The van der Waals surface area contributed by atoms with Crippen LogP contribution in [0.3, 0.4) is 0 Å². The highest BCUT2D eigenvalue weighted by Crippen LogP contribution is 2.35. The van der Waals surface area contributed by atoms with Gasteiger partial charge in [0.1, 0.15) is 11.7 Å². The number of fused-ring (bicyclic) bond motifs is 1. The van der Waals surface area contributed by atoms with Crippen LogP contribution >= 0.6 is 0 Å². The Morgan fingerprint density at radius 3 is 2.76 bits per heavy atom. The van der Waals surface area contributed by atoms with Crippen molar-refractivity contribution in [2.45, 2.75) is 13.0 Å². The Morgan fingerprint density at radius 1 is 1.24 bits per heavy atom. The molecule has 0 aromatic heterocycles. The monoisotopic (exact) mass is 283 g/mol. The van der Waals surface area contributed by atoms with Crippen LogP contribution in [0.5, 0.6) is 0 Å². The third kappa shape index (κ3) is 2.31. The van der Waals surface area contributed by atoms with Gasteiger partial charge in [0, 0.05) is 17.3 Å². The Labute approximate surface area is 120 Å². The van der Waals surface area contributed by atoms with Gasteiger partial charge in [0.15, 0.2) is 0 Å². The third-order valence-electron chi connectivity index (χ3n) is 3.44. The minimum atomic E-state index is -0.623. The van der Waals surface area contributed by atoms with Gasteiger partial charge >= 0.3 is 0 Å². The van der Waals surface area contributed by atoms with E-state index in [-0.39, 0.29) is 11.6 Å². The predicted molar refractivity (Wildman–Crippen MR) is 79.3 cm³/mol. The van der Waals surface area contributed by atoms with Gasteiger partial charge in [-0.25, -0.2) is 0 Å². The van der Waals surface area contributed by atoms with Crippen molar-refractivity contribution < 1.29 is 9.72 Å². The van der Waals surface area contributed by atoms with Gasteiger partial charge < -0.3 is 10.6 Å². The highest BCUT2D eigenvalue weighted by atomic mass is 16.6. The Bertz CT molecular complexity index is 743. The summed E-state index contributed by atoms with van der Waals surface area (Å²) in [7, 11) is 0. The van der Waals surface area contributed by atoms with Crippen molar-refractivity contribution in [3.63, 3.8) is 0 Å². The van der Waals surface area contributed by atoms with Crippen LogP contribution in [-0.4, -0.2) is 10.8 Å². The summed E-state index contributed by atoms with van der Waals surface area (Å²) in [5.74, 6) is -0.217. The molecule has 0 spiro atoms. The SMILES string of the molecule is Cc1ccc(NC2C(=O)Nc3ccccc32)c([N+](=O)[O-])c1. The molecule has 1 unspecified atom stereocenters. The normalized spacial score (nSPS) is 16.2. The van der Waals surface area contributed by atoms with Crippen LogP contribution in [0.1, 0.15) is 17.2 Å². The maximum atomic E-state index is 12.0. The first kappa shape index (κ1) is 13.1. The number of amides is 1. The first-order valence-electron chi connectivity index (χ1n) is 6.47. The zero-order valence-electron chi connectivity index (χ0n) is 11.3. The molecule has 0 aliphatic carbocycles. The Hall–Kier alpha value is -2.89. The van der Waals surface area contributed by atoms with Gasteiger partial charge in [-0.3, -0.25) is 14.9 Å². The Balaban J connectivity index is 1.98.